The van der Waals surface area contributed by atoms with Gasteiger partial charge in [-0.25, -0.2) is 0 Å². The molecule has 0 spiro atoms. The highest BCUT2D eigenvalue weighted by atomic mass is 16.4. The van der Waals surface area contributed by atoms with Crippen LogP contribution in [0.2, 0.25) is 0 Å². The Morgan fingerprint density at radius 3 is 2.29 bits per heavy atom. The van der Waals surface area contributed by atoms with Crippen molar-refractivity contribution in [2.45, 2.75) is 19.3 Å². The van der Waals surface area contributed by atoms with Crippen LogP contribution in [0.15, 0.2) is 0 Å². The summed E-state index contributed by atoms with van der Waals surface area (Å²) in [5, 5.41) is 20.8. The normalized spacial score (nSPS) is 29.6. The molecule has 21 heavy (non-hydrogen) atoms. The molecule has 2 heterocycles. The van der Waals surface area contributed by atoms with Crippen molar-refractivity contribution in [2.24, 2.45) is 17.8 Å². The number of carbonyl (C=O) groups excluding carboxylic acids is 2. The predicted octanol–water partition coefficient (Wildman–Crippen LogP) is -0.853. The van der Waals surface area contributed by atoms with Crippen molar-refractivity contribution in [3.05, 3.63) is 0 Å². The van der Waals surface area contributed by atoms with Crippen LogP contribution in [0.25, 0.3) is 0 Å². The lowest BCUT2D eigenvalue weighted by atomic mass is 9.84. The number of carboxylic acid groups (broad SMARTS) is 2. The number of rotatable bonds is 3. The average molecular weight is 298 g/mol. The second-order valence-electron chi connectivity index (χ2n) is 5.50. The Morgan fingerprint density at radius 2 is 1.76 bits per heavy atom. The molecule has 0 aromatic carbocycles. The van der Waals surface area contributed by atoms with Gasteiger partial charge in [0.2, 0.25) is 11.8 Å². The number of likely N-dealkylation sites (tertiary alicyclic amines) is 1. The molecule has 2 aliphatic heterocycles. The van der Waals surface area contributed by atoms with Crippen LogP contribution in [0, 0.1) is 17.8 Å². The Balaban J connectivity index is 2.01. The average Bonchev–Trinajstić information content (AvgIpc) is 2.46. The number of piperidine rings is 2. The summed E-state index contributed by atoms with van der Waals surface area (Å²) >= 11 is 0. The van der Waals surface area contributed by atoms with E-state index in [1.807, 2.05) is 0 Å². The fourth-order valence-electron chi connectivity index (χ4n) is 2.90. The molecule has 2 aliphatic rings. The Bertz CT molecular complexity index is 467. The fourth-order valence-corrected chi connectivity index (χ4v) is 2.90. The van der Waals surface area contributed by atoms with Crippen LogP contribution in [0.4, 0.5) is 0 Å². The van der Waals surface area contributed by atoms with E-state index in [9.17, 15) is 19.2 Å². The lowest BCUT2D eigenvalue weighted by molar-refractivity contribution is -0.160. The van der Waals surface area contributed by atoms with Crippen molar-refractivity contribution in [1.29, 1.82) is 0 Å². The van der Waals surface area contributed by atoms with Crippen molar-refractivity contribution in [3.8, 4) is 0 Å². The molecule has 0 radical (unpaired) electrons. The van der Waals surface area contributed by atoms with E-state index in [0.29, 0.717) is 6.42 Å². The number of carboxylic acids is 2. The molecule has 0 aromatic rings. The zero-order valence-electron chi connectivity index (χ0n) is 11.4. The first-order valence-electron chi connectivity index (χ1n) is 6.91. The van der Waals surface area contributed by atoms with Crippen LogP contribution in [-0.2, 0) is 19.2 Å². The van der Waals surface area contributed by atoms with Crippen LogP contribution in [0.3, 0.4) is 0 Å². The van der Waals surface area contributed by atoms with Crippen LogP contribution in [0.1, 0.15) is 19.3 Å². The molecule has 2 fully saturated rings. The van der Waals surface area contributed by atoms with Gasteiger partial charge in [-0.05, 0) is 12.8 Å². The van der Waals surface area contributed by atoms with Crippen molar-refractivity contribution in [1.82, 2.24) is 10.2 Å². The smallest absolute Gasteiger partial charge is 0.309 e. The quantitative estimate of drug-likeness (QED) is 0.623. The summed E-state index contributed by atoms with van der Waals surface area (Å²) in [4.78, 5) is 47.1. The van der Waals surface area contributed by atoms with Gasteiger partial charge in [-0.2, -0.15) is 0 Å². The number of amides is 2. The Labute approximate surface area is 121 Å². The van der Waals surface area contributed by atoms with Gasteiger partial charge in [0.1, 0.15) is 0 Å². The van der Waals surface area contributed by atoms with E-state index in [1.54, 1.807) is 0 Å². The van der Waals surface area contributed by atoms with Gasteiger partial charge in [0.05, 0.1) is 17.8 Å². The SMILES string of the molecule is O=C1CCC(C(=O)N2CCC(C(=O)O)C(C(=O)O)C2)CN1. The molecule has 3 atom stereocenters. The van der Waals surface area contributed by atoms with E-state index < -0.39 is 23.8 Å². The van der Waals surface area contributed by atoms with Gasteiger partial charge in [-0.3, -0.25) is 19.2 Å². The zero-order valence-corrected chi connectivity index (χ0v) is 11.4. The van der Waals surface area contributed by atoms with Crippen LogP contribution < -0.4 is 5.32 Å². The highest BCUT2D eigenvalue weighted by Gasteiger charge is 2.41. The Hall–Kier alpha value is -2.12. The number of nitrogens with zero attached hydrogens (tertiary/aromatic N) is 1. The minimum Gasteiger partial charge on any atom is -0.481 e. The zero-order chi connectivity index (χ0) is 15.6. The number of hydrogen-bond acceptors (Lipinski definition) is 4. The number of nitrogens with one attached hydrogen (secondary N) is 1. The third-order valence-corrected chi connectivity index (χ3v) is 4.17. The van der Waals surface area contributed by atoms with Gasteiger partial charge in [0.25, 0.3) is 0 Å². The van der Waals surface area contributed by atoms with Crippen LogP contribution in [0.5, 0.6) is 0 Å². The first-order chi connectivity index (χ1) is 9.90. The van der Waals surface area contributed by atoms with Crippen molar-refractivity contribution in [2.75, 3.05) is 19.6 Å². The van der Waals surface area contributed by atoms with Crippen molar-refractivity contribution < 1.29 is 29.4 Å². The van der Waals surface area contributed by atoms with Gasteiger partial charge in [-0.1, -0.05) is 0 Å². The van der Waals surface area contributed by atoms with E-state index in [-0.39, 0.29) is 50.2 Å². The largest absolute Gasteiger partial charge is 0.481 e. The Morgan fingerprint density at radius 1 is 1.10 bits per heavy atom. The molecule has 116 valence electrons. The summed E-state index contributed by atoms with van der Waals surface area (Å²) in [6.07, 6.45) is 0.864. The molecule has 8 heteroatoms. The molecule has 3 N–H and O–H groups in total. The number of hydrogen-bond donors (Lipinski definition) is 3. The summed E-state index contributed by atoms with van der Waals surface area (Å²) in [5.41, 5.74) is 0. The summed E-state index contributed by atoms with van der Waals surface area (Å²) in [6, 6.07) is 0. The maximum atomic E-state index is 12.3. The van der Waals surface area contributed by atoms with E-state index in [0.717, 1.165) is 0 Å². The number of carbonyl (C=O) groups is 4. The van der Waals surface area contributed by atoms with Crippen LogP contribution >= 0.6 is 0 Å². The molecule has 0 aromatic heterocycles. The second-order valence-corrected chi connectivity index (χ2v) is 5.50. The molecule has 8 nitrogen and oxygen atoms in total. The summed E-state index contributed by atoms with van der Waals surface area (Å²) in [6.45, 7) is 0.411. The van der Waals surface area contributed by atoms with Gasteiger partial charge in [0, 0.05) is 26.1 Å². The third kappa shape index (κ3) is 3.32. The van der Waals surface area contributed by atoms with E-state index in [2.05, 4.69) is 5.32 Å². The van der Waals surface area contributed by atoms with Gasteiger partial charge < -0.3 is 20.4 Å². The minimum atomic E-state index is -1.20. The second kappa shape index (κ2) is 6.11. The highest BCUT2D eigenvalue weighted by molar-refractivity contribution is 5.85. The molecule has 0 aliphatic carbocycles. The summed E-state index contributed by atoms with van der Waals surface area (Å²) in [5.74, 6) is -5.03. The molecular weight excluding hydrogens is 280 g/mol. The van der Waals surface area contributed by atoms with Crippen molar-refractivity contribution >= 4 is 23.8 Å². The van der Waals surface area contributed by atoms with Gasteiger partial charge >= 0.3 is 11.9 Å². The first kappa shape index (κ1) is 15.3. The molecule has 2 amide bonds. The van der Waals surface area contributed by atoms with E-state index in [4.69, 9.17) is 10.2 Å². The lowest BCUT2D eigenvalue weighted by Gasteiger charge is -2.37. The first-order valence-corrected chi connectivity index (χ1v) is 6.91. The highest BCUT2D eigenvalue weighted by Crippen LogP contribution is 2.26. The Kier molecular flexibility index (Phi) is 4.44. The lowest BCUT2D eigenvalue weighted by Crippen LogP contribution is -2.52. The van der Waals surface area contributed by atoms with Crippen molar-refractivity contribution in [3.63, 3.8) is 0 Å². The molecule has 3 unspecified atom stereocenters. The monoisotopic (exact) mass is 298 g/mol. The standard InChI is InChI=1S/C13H18N2O6/c16-10-2-1-7(5-14-10)11(17)15-4-3-8(12(18)19)9(6-15)13(20)21/h7-9H,1-6H2,(H,14,16)(H,18,19)(H,20,21). The minimum absolute atomic E-state index is 0.0877. The summed E-state index contributed by atoms with van der Waals surface area (Å²) in [7, 11) is 0. The van der Waals surface area contributed by atoms with E-state index in [1.165, 1.54) is 4.90 Å². The molecule has 0 saturated carbocycles. The number of aliphatic carboxylic acids is 2. The molecule has 2 saturated heterocycles. The third-order valence-electron chi connectivity index (χ3n) is 4.17. The maximum Gasteiger partial charge on any atom is 0.309 e. The van der Waals surface area contributed by atoms with Gasteiger partial charge in [-0.15, -0.1) is 0 Å². The van der Waals surface area contributed by atoms with E-state index >= 15 is 0 Å². The topological polar surface area (TPSA) is 124 Å². The van der Waals surface area contributed by atoms with Gasteiger partial charge in [0.15, 0.2) is 0 Å². The fraction of sp³-hybridized carbons (Fsp3) is 0.692. The molecule has 2 rings (SSSR count). The summed E-state index contributed by atoms with van der Waals surface area (Å²) < 4.78 is 0. The van der Waals surface area contributed by atoms with Crippen LogP contribution in [-0.4, -0.2) is 58.5 Å². The molecule has 0 bridgehead atoms. The predicted molar refractivity (Wildman–Crippen MR) is 69.2 cm³/mol. The molecular formula is C13H18N2O6. The maximum absolute atomic E-state index is 12.3.